The lowest BCUT2D eigenvalue weighted by atomic mass is 9.87. The normalized spacial score (nSPS) is 15.6. The molecular weight excluding hydrogens is 345 g/mol. The highest BCUT2D eigenvalue weighted by Gasteiger charge is 2.30. The van der Waals surface area contributed by atoms with E-state index in [2.05, 4.69) is 16.3 Å². The first-order chi connectivity index (χ1) is 13.2. The lowest BCUT2D eigenvalue weighted by Crippen LogP contribution is -2.24. The topological polar surface area (TPSA) is 56.1 Å². The zero-order valence-corrected chi connectivity index (χ0v) is 14.4. The molecule has 1 N–H and O–H groups in total. The van der Waals surface area contributed by atoms with Crippen molar-refractivity contribution >= 4 is 11.7 Å². The van der Waals surface area contributed by atoms with Gasteiger partial charge in [0.2, 0.25) is 5.91 Å². The second kappa shape index (κ2) is 6.96. The molecule has 0 saturated carbocycles. The number of ether oxygens (including phenoxy) is 1. The zero-order valence-electron chi connectivity index (χ0n) is 14.4. The summed E-state index contributed by atoms with van der Waals surface area (Å²) in [6, 6.07) is 13.5. The van der Waals surface area contributed by atoms with Crippen LogP contribution in [0.1, 0.15) is 23.5 Å². The zero-order chi connectivity index (χ0) is 18.8. The van der Waals surface area contributed by atoms with Crippen LogP contribution >= 0.6 is 0 Å². The van der Waals surface area contributed by atoms with Crippen molar-refractivity contribution in [1.82, 2.24) is 9.78 Å². The number of benzene rings is 2. The van der Waals surface area contributed by atoms with Crippen molar-refractivity contribution in [3.8, 4) is 23.8 Å². The van der Waals surface area contributed by atoms with Crippen molar-refractivity contribution in [3.05, 3.63) is 71.7 Å². The molecular formula is C21H16FN3O2. The van der Waals surface area contributed by atoms with Gasteiger partial charge in [0.1, 0.15) is 24.0 Å². The van der Waals surface area contributed by atoms with Crippen LogP contribution in [0.25, 0.3) is 5.69 Å². The Kier molecular flexibility index (Phi) is 4.35. The van der Waals surface area contributed by atoms with Crippen molar-refractivity contribution in [1.29, 1.82) is 0 Å². The third kappa shape index (κ3) is 3.27. The van der Waals surface area contributed by atoms with Gasteiger partial charge in [-0.2, -0.15) is 5.10 Å². The predicted molar refractivity (Wildman–Crippen MR) is 99.4 cm³/mol. The average Bonchev–Trinajstić information content (AvgIpc) is 3.10. The van der Waals surface area contributed by atoms with Crippen LogP contribution in [0.3, 0.4) is 0 Å². The third-order valence-electron chi connectivity index (χ3n) is 4.50. The average molecular weight is 361 g/mol. The number of rotatable bonds is 4. The van der Waals surface area contributed by atoms with Gasteiger partial charge < -0.3 is 10.1 Å². The summed E-state index contributed by atoms with van der Waals surface area (Å²) >= 11 is 0. The summed E-state index contributed by atoms with van der Waals surface area (Å²) in [5, 5.41) is 7.28. The Morgan fingerprint density at radius 2 is 1.96 bits per heavy atom. The van der Waals surface area contributed by atoms with Gasteiger partial charge in [-0.05, 0) is 42.0 Å². The van der Waals surface area contributed by atoms with Crippen LogP contribution in [0.4, 0.5) is 10.2 Å². The summed E-state index contributed by atoms with van der Waals surface area (Å²) in [6.45, 7) is 0.208. The number of aromatic nitrogens is 2. The highest BCUT2D eigenvalue weighted by Crippen LogP contribution is 2.38. The predicted octanol–water partition coefficient (Wildman–Crippen LogP) is 3.50. The van der Waals surface area contributed by atoms with Crippen LogP contribution in [0, 0.1) is 18.2 Å². The van der Waals surface area contributed by atoms with Gasteiger partial charge in [-0.15, -0.1) is 6.42 Å². The molecule has 0 saturated heterocycles. The minimum Gasteiger partial charge on any atom is -0.481 e. The Bertz CT molecular complexity index is 1020. The summed E-state index contributed by atoms with van der Waals surface area (Å²) in [7, 11) is 0. The van der Waals surface area contributed by atoms with Gasteiger partial charge in [-0.1, -0.05) is 18.1 Å². The van der Waals surface area contributed by atoms with E-state index in [4.69, 9.17) is 11.2 Å². The fourth-order valence-corrected chi connectivity index (χ4v) is 3.22. The van der Waals surface area contributed by atoms with Crippen molar-refractivity contribution in [2.75, 3.05) is 11.9 Å². The van der Waals surface area contributed by atoms with Crippen molar-refractivity contribution in [2.24, 2.45) is 0 Å². The molecule has 1 aliphatic rings. The lowest BCUT2D eigenvalue weighted by Gasteiger charge is -2.24. The van der Waals surface area contributed by atoms with Crippen molar-refractivity contribution < 1.29 is 13.9 Å². The van der Waals surface area contributed by atoms with E-state index >= 15 is 0 Å². The molecule has 27 heavy (non-hydrogen) atoms. The summed E-state index contributed by atoms with van der Waals surface area (Å²) in [6.07, 6.45) is 7.27. The van der Waals surface area contributed by atoms with E-state index in [0.29, 0.717) is 23.7 Å². The number of hydrogen-bond acceptors (Lipinski definition) is 3. The number of hydrogen-bond donors (Lipinski definition) is 1. The number of nitrogens with one attached hydrogen (secondary N) is 1. The van der Waals surface area contributed by atoms with Gasteiger partial charge in [-0.3, -0.25) is 4.79 Å². The van der Waals surface area contributed by atoms with Gasteiger partial charge in [0.15, 0.2) is 0 Å². The fraction of sp³-hybridized carbons (Fsp3) is 0.143. The molecule has 5 nitrogen and oxygen atoms in total. The molecule has 4 rings (SSSR count). The molecule has 0 radical (unpaired) electrons. The molecule has 0 aliphatic carbocycles. The first kappa shape index (κ1) is 16.9. The smallest absolute Gasteiger partial charge is 0.226 e. The van der Waals surface area contributed by atoms with Gasteiger partial charge in [0.05, 0.1) is 11.9 Å². The summed E-state index contributed by atoms with van der Waals surface area (Å²) in [5.74, 6) is 3.17. The molecule has 1 atom stereocenters. The fourth-order valence-electron chi connectivity index (χ4n) is 3.22. The Balaban J connectivity index is 1.69. The molecule has 6 heteroatoms. The maximum Gasteiger partial charge on any atom is 0.226 e. The summed E-state index contributed by atoms with van der Waals surface area (Å²) in [4.78, 5) is 12.3. The van der Waals surface area contributed by atoms with E-state index in [9.17, 15) is 9.18 Å². The molecule has 0 spiro atoms. The standard InChI is InChI=1S/C21H16FN3O2/c1-2-11-27-17-9-3-14(4-10-17)18-12-20(26)24-21-19(18)13-23-25(21)16-7-5-15(22)6-8-16/h1,3-10,13,18H,11-12H2,(H,24,26)/t18-/m0/s1. The van der Waals surface area contributed by atoms with Crippen LogP contribution in [-0.2, 0) is 4.79 Å². The number of amides is 1. The second-order valence-corrected chi connectivity index (χ2v) is 6.20. The number of nitrogens with zero attached hydrogens (tertiary/aromatic N) is 2. The Hall–Kier alpha value is -3.59. The molecule has 2 heterocycles. The molecule has 0 unspecified atom stereocenters. The van der Waals surface area contributed by atoms with Crippen LogP contribution in [0.15, 0.2) is 54.7 Å². The number of carbonyl (C=O) groups excluding carboxylic acids is 1. The first-order valence-electron chi connectivity index (χ1n) is 8.45. The van der Waals surface area contributed by atoms with Gasteiger partial charge in [0, 0.05) is 17.9 Å². The molecule has 0 fully saturated rings. The third-order valence-corrected chi connectivity index (χ3v) is 4.50. The number of terminal acetylenes is 1. The van der Waals surface area contributed by atoms with E-state index in [1.807, 2.05) is 24.3 Å². The van der Waals surface area contributed by atoms with E-state index in [1.54, 1.807) is 23.0 Å². The number of fused-ring (bicyclic) bond motifs is 1. The number of halogens is 1. The molecule has 2 aromatic carbocycles. The molecule has 0 bridgehead atoms. The van der Waals surface area contributed by atoms with Gasteiger partial charge in [0.25, 0.3) is 0 Å². The quantitative estimate of drug-likeness (QED) is 0.724. The molecule has 134 valence electrons. The molecule has 1 aromatic heterocycles. The molecule has 1 amide bonds. The van der Waals surface area contributed by atoms with Crippen LogP contribution in [0.2, 0.25) is 0 Å². The van der Waals surface area contributed by atoms with Crippen LogP contribution < -0.4 is 10.1 Å². The maximum absolute atomic E-state index is 13.2. The van der Waals surface area contributed by atoms with Crippen molar-refractivity contribution in [2.45, 2.75) is 12.3 Å². The largest absolute Gasteiger partial charge is 0.481 e. The highest BCUT2D eigenvalue weighted by atomic mass is 19.1. The summed E-state index contributed by atoms with van der Waals surface area (Å²) < 4.78 is 20.2. The van der Waals surface area contributed by atoms with Gasteiger partial charge >= 0.3 is 0 Å². The first-order valence-corrected chi connectivity index (χ1v) is 8.45. The SMILES string of the molecule is C#CCOc1ccc([C@@H]2CC(=O)Nc3c2cnn3-c2ccc(F)cc2)cc1. The van der Waals surface area contributed by atoms with Gasteiger partial charge in [-0.25, -0.2) is 9.07 Å². The van der Waals surface area contributed by atoms with Crippen LogP contribution in [0.5, 0.6) is 5.75 Å². The highest BCUT2D eigenvalue weighted by molar-refractivity contribution is 5.94. The number of anilines is 1. The van der Waals surface area contributed by atoms with Crippen molar-refractivity contribution in [3.63, 3.8) is 0 Å². The summed E-state index contributed by atoms with van der Waals surface area (Å²) in [5.41, 5.74) is 2.57. The maximum atomic E-state index is 13.2. The Labute approximate surface area is 155 Å². The van der Waals surface area contributed by atoms with E-state index < -0.39 is 0 Å². The number of carbonyl (C=O) groups is 1. The molecule has 3 aromatic rings. The van der Waals surface area contributed by atoms with E-state index in [-0.39, 0.29) is 24.2 Å². The minimum atomic E-state index is -0.325. The lowest BCUT2D eigenvalue weighted by molar-refractivity contribution is -0.116. The Morgan fingerprint density at radius 1 is 1.22 bits per heavy atom. The van der Waals surface area contributed by atoms with E-state index in [0.717, 1.165) is 11.1 Å². The minimum absolute atomic E-state index is 0.0935. The Morgan fingerprint density at radius 3 is 2.67 bits per heavy atom. The monoisotopic (exact) mass is 361 g/mol. The van der Waals surface area contributed by atoms with Crippen LogP contribution in [-0.4, -0.2) is 22.3 Å². The molecule has 1 aliphatic heterocycles. The second-order valence-electron chi connectivity index (χ2n) is 6.20. The van der Waals surface area contributed by atoms with E-state index in [1.165, 1.54) is 12.1 Å².